The van der Waals surface area contributed by atoms with Gasteiger partial charge in [0, 0.05) is 23.1 Å². The summed E-state index contributed by atoms with van der Waals surface area (Å²) in [6.07, 6.45) is 6.57. The van der Waals surface area contributed by atoms with Gasteiger partial charge in [0.05, 0.1) is 10.7 Å². The summed E-state index contributed by atoms with van der Waals surface area (Å²) in [5.41, 5.74) is 1.15. The Kier molecular flexibility index (Phi) is 5.71. The zero-order chi connectivity index (χ0) is 15.4. The van der Waals surface area contributed by atoms with Crippen molar-refractivity contribution in [2.75, 3.05) is 5.32 Å². The van der Waals surface area contributed by atoms with E-state index in [4.69, 9.17) is 0 Å². The number of aromatic nitrogens is 3. The minimum atomic E-state index is 0.511. The molecule has 1 aliphatic carbocycles. The Morgan fingerprint density at radius 2 is 2.09 bits per heavy atom. The molecule has 0 atom stereocenters. The van der Waals surface area contributed by atoms with E-state index in [9.17, 15) is 0 Å². The lowest BCUT2D eigenvalue weighted by molar-refractivity contribution is 0.462. The average molecular weight is 355 g/mol. The standard InChI is InChI=1S/C15H22N4S3/c1-10(2)13-16-12(8-20-13)9-21-15-19-18-14(22-15)17-11-6-4-3-5-7-11/h8,10-11H,3-7,9H2,1-2H3,(H,17,18). The minimum Gasteiger partial charge on any atom is -0.357 e. The van der Waals surface area contributed by atoms with Crippen LogP contribution in [0.1, 0.15) is 62.6 Å². The second-order valence-corrected chi connectivity index (χ2v) is 9.06. The fraction of sp³-hybridized carbons (Fsp3) is 0.667. The van der Waals surface area contributed by atoms with Crippen molar-refractivity contribution in [3.8, 4) is 0 Å². The van der Waals surface area contributed by atoms with Crippen LogP contribution in [0.15, 0.2) is 9.72 Å². The van der Waals surface area contributed by atoms with Gasteiger partial charge in [-0.2, -0.15) is 0 Å². The highest BCUT2D eigenvalue weighted by molar-refractivity contribution is 8.00. The van der Waals surface area contributed by atoms with E-state index in [1.54, 1.807) is 34.4 Å². The molecular weight excluding hydrogens is 332 g/mol. The minimum absolute atomic E-state index is 0.511. The van der Waals surface area contributed by atoms with E-state index in [0.717, 1.165) is 20.9 Å². The maximum Gasteiger partial charge on any atom is 0.206 e. The molecular formula is C15H22N4S3. The molecule has 2 aromatic heterocycles. The van der Waals surface area contributed by atoms with Gasteiger partial charge in [-0.15, -0.1) is 21.5 Å². The maximum atomic E-state index is 4.66. The second kappa shape index (κ2) is 7.75. The lowest BCUT2D eigenvalue weighted by Crippen LogP contribution is -2.21. The molecule has 2 heterocycles. The van der Waals surface area contributed by atoms with Gasteiger partial charge >= 0.3 is 0 Å². The summed E-state index contributed by atoms with van der Waals surface area (Å²) < 4.78 is 1.03. The van der Waals surface area contributed by atoms with Crippen LogP contribution in [0.2, 0.25) is 0 Å². The third-order valence-electron chi connectivity index (χ3n) is 3.75. The second-order valence-electron chi connectivity index (χ2n) is 5.97. The molecule has 0 amide bonds. The number of thiazole rings is 1. The summed E-state index contributed by atoms with van der Waals surface area (Å²) in [4.78, 5) is 4.66. The zero-order valence-corrected chi connectivity index (χ0v) is 15.5. The largest absolute Gasteiger partial charge is 0.357 e. The Balaban J connectivity index is 1.50. The Morgan fingerprint density at radius 1 is 1.27 bits per heavy atom. The van der Waals surface area contributed by atoms with Crippen LogP contribution in [0, 0.1) is 0 Å². The molecule has 0 radical (unpaired) electrons. The van der Waals surface area contributed by atoms with Gasteiger partial charge in [0.1, 0.15) is 0 Å². The molecule has 4 nitrogen and oxygen atoms in total. The van der Waals surface area contributed by atoms with Crippen LogP contribution in [-0.4, -0.2) is 21.2 Å². The van der Waals surface area contributed by atoms with E-state index in [0.29, 0.717) is 12.0 Å². The summed E-state index contributed by atoms with van der Waals surface area (Å²) in [5.74, 6) is 1.39. The molecule has 0 saturated heterocycles. The van der Waals surface area contributed by atoms with Crippen LogP contribution in [0.3, 0.4) is 0 Å². The lowest BCUT2D eigenvalue weighted by Gasteiger charge is -2.21. The van der Waals surface area contributed by atoms with Crippen LogP contribution in [0.25, 0.3) is 0 Å². The third kappa shape index (κ3) is 4.43. The first kappa shape index (κ1) is 16.2. The Morgan fingerprint density at radius 3 is 2.82 bits per heavy atom. The van der Waals surface area contributed by atoms with Crippen molar-refractivity contribution >= 4 is 39.6 Å². The van der Waals surface area contributed by atoms with E-state index in [-0.39, 0.29) is 0 Å². The molecule has 7 heteroatoms. The van der Waals surface area contributed by atoms with Gasteiger partial charge in [-0.1, -0.05) is 56.2 Å². The van der Waals surface area contributed by atoms with E-state index in [2.05, 4.69) is 39.7 Å². The van der Waals surface area contributed by atoms with E-state index < -0.39 is 0 Å². The van der Waals surface area contributed by atoms with Gasteiger partial charge in [-0.3, -0.25) is 0 Å². The number of thioether (sulfide) groups is 1. The van der Waals surface area contributed by atoms with Crippen molar-refractivity contribution in [3.05, 3.63) is 16.1 Å². The van der Waals surface area contributed by atoms with Crippen LogP contribution < -0.4 is 5.32 Å². The van der Waals surface area contributed by atoms with Crippen molar-refractivity contribution in [2.45, 2.75) is 68.0 Å². The number of nitrogens with one attached hydrogen (secondary N) is 1. The van der Waals surface area contributed by atoms with Crippen molar-refractivity contribution in [1.82, 2.24) is 15.2 Å². The summed E-state index contributed by atoms with van der Waals surface area (Å²) in [7, 11) is 0. The van der Waals surface area contributed by atoms with Crippen molar-refractivity contribution in [3.63, 3.8) is 0 Å². The van der Waals surface area contributed by atoms with Gasteiger partial charge in [0.25, 0.3) is 0 Å². The molecule has 2 aromatic rings. The molecule has 0 bridgehead atoms. The highest BCUT2D eigenvalue weighted by Crippen LogP contribution is 2.31. The number of hydrogen-bond acceptors (Lipinski definition) is 7. The smallest absolute Gasteiger partial charge is 0.206 e. The predicted molar refractivity (Wildman–Crippen MR) is 96.2 cm³/mol. The molecule has 0 aromatic carbocycles. The van der Waals surface area contributed by atoms with Crippen molar-refractivity contribution in [2.24, 2.45) is 0 Å². The monoisotopic (exact) mass is 354 g/mol. The highest BCUT2D eigenvalue weighted by Gasteiger charge is 2.15. The normalized spacial score (nSPS) is 16.3. The average Bonchev–Trinajstić information content (AvgIpc) is 3.15. The van der Waals surface area contributed by atoms with Crippen molar-refractivity contribution in [1.29, 1.82) is 0 Å². The quantitative estimate of drug-likeness (QED) is 0.727. The van der Waals surface area contributed by atoms with Crippen LogP contribution in [0.5, 0.6) is 0 Å². The summed E-state index contributed by atoms with van der Waals surface area (Å²) in [6, 6.07) is 0.590. The third-order valence-corrected chi connectivity index (χ3v) is 6.96. The molecule has 0 aliphatic heterocycles. The molecule has 0 spiro atoms. The van der Waals surface area contributed by atoms with Gasteiger partial charge in [-0.05, 0) is 12.8 Å². The molecule has 22 heavy (non-hydrogen) atoms. The number of rotatable bonds is 6. The SMILES string of the molecule is CC(C)c1nc(CSc2nnc(NC3CCCCC3)s2)cs1. The molecule has 1 aliphatic rings. The number of nitrogens with zero attached hydrogens (tertiary/aromatic N) is 3. The lowest BCUT2D eigenvalue weighted by atomic mass is 9.96. The maximum absolute atomic E-state index is 4.66. The van der Waals surface area contributed by atoms with E-state index in [1.165, 1.54) is 37.1 Å². The first-order valence-electron chi connectivity index (χ1n) is 7.88. The van der Waals surface area contributed by atoms with E-state index in [1.807, 2.05) is 0 Å². The van der Waals surface area contributed by atoms with Gasteiger partial charge in [-0.25, -0.2) is 4.98 Å². The fourth-order valence-corrected chi connectivity index (χ4v) is 5.20. The first-order valence-corrected chi connectivity index (χ1v) is 10.6. The Bertz CT molecular complexity index is 587. The highest BCUT2D eigenvalue weighted by atomic mass is 32.2. The topological polar surface area (TPSA) is 50.7 Å². The fourth-order valence-electron chi connectivity index (χ4n) is 2.54. The summed E-state index contributed by atoms with van der Waals surface area (Å²) >= 11 is 5.15. The molecule has 1 saturated carbocycles. The van der Waals surface area contributed by atoms with Gasteiger partial charge in [0.2, 0.25) is 5.13 Å². The molecule has 1 N–H and O–H groups in total. The molecule has 3 rings (SSSR count). The molecule has 1 fully saturated rings. The summed E-state index contributed by atoms with van der Waals surface area (Å²) in [6.45, 7) is 4.37. The molecule has 0 unspecified atom stereocenters. The van der Waals surface area contributed by atoms with Crippen LogP contribution in [0.4, 0.5) is 5.13 Å². The Labute approximate surface area is 144 Å². The number of anilines is 1. The molecule has 120 valence electrons. The Hall–Kier alpha value is -0.660. The van der Waals surface area contributed by atoms with Gasteiger partial charge < -0.3 is 5.32 Å². The number of hydrogen-bond donors (Lipinski definition) is 1. The zero-order valence-electron chi connectivity index (χ0n) is 13.0. The first-order chi connectivity index (χ1) is 10.7. The van der Waals surface area contributed by atoms with E-state index >= 15 is 0 Å². The van der Waals surface area contributed by atoms with Crippen molar-refractivity contribution < 1.29 is 0 Å². The van der Waals surface area contributed by atoms with Gasteiger partial charge in [0.15, 0.2) is 4.34 Å². The predicted octanol–water partition coefficient (Wildman–Crippen LogP) is 5.15. The van der Waals surface area contributed by atoms with Crippen LogP contribution >= 0.6 is 34.4 Å². The summed E-state index contributed by atoms with van der Waals surface area (Å²) in [5, 5.41) is 16.4. The van der Waals surface area contributed by atoms with Crippen LogP contribution in [-0.2, 0) is 5.75 Å².